The first kappa shape index (κ1) is 22.7. The zero-order valence-electron chi connectivity index (χ0n) is 13.9. The lowest BCUT2D eigenvalue weighted by molar-refractivity contribution is -0.154. The molecule has 0 aliphatic heterocycles. The first-order valence-corrected chi connectivity index (χ1v) is 7.61. The predicted molar refractivity (Wildman–Crippen MR) is 99.1 cm³/mol. The van der Waals surface area contributed by atoms with E-state index >= 15 is 0 Å². The van der Waals surface area contributed by atoms with Gasteiger partial charge in [0.15, 0.2) is 5.96 Å². The fourth-order valence-electron chi connectivity index (χ4n) is 1.60. The number of ether oxygens (including phenoxy) is 1. The maximum Gasteiger partial charge on any atom is 0.306 e. The fourth-order valence-corrected chi connectivity index (χ4v) is 1.60. The Bertz CT molecular complexity index is 302. The van der Waals surface area contributed by atoms with Crippen LogP contribution in [0.1, 0.15) is 66.2 Å². The van der Waals surface area contributed by atoms with Crippen LogP contribution in [-0.4, -0.2) is 30.6 Å². The molecule has 0 bridgehead atoms. The van der Waals surface area contributed by atoms with E-state index in [0.717, 1.165) is 38.6 Å². The maximum absolute atomic E-state index is 11.5. The number of halogens is 1. The Hall–Kier alpha value is -0.530. The SMILES string of the molecule is CCCCNC(N)=NCCCCCC(=O)OC(C)(C)C.I. The number of aliphatic imine (C=N–C) groups is 1. The molecule has 0 saturated carbocycles. The summed E-state index contributed by atoms with van der Waals surface area (Å²) in [7, 11) is 0. The van der Waals surface area contributed by atoms with Gasteiger partial charge in [0, 0.05) is 19.5 Å². The molecule has 0 spiro atoms. The summed E-state index contributed by atoms with van der Waals surface area (Å²) >= 11 is 0. The Morgan fingerprint density at radius 1 is 1.19 bits per heavy atom. The van der Waals surface area contributed by atoms with E-state index in [9.17, 15) is 4.79 Å². The zero-order chi connectivity index (χ0) is 15.4. The quantitative estimate of drug-likeness (QED) is 0.200. The minimum absolute atomic E-state index is 0. The molecular formula is C15H32IN3O2. The lowest BCUT2D eigenvalue weighted by atomic mass is 10.1. The highest BCUT2D eigenvalue weighted by Gasteiger charge is 2.15. The molecule has 0 aliphatic rings. The standard InChI is InChI=1S/C15H31N3O2.HI/c1-5-6-11-17-14(16)18-12-9-7-8-10-13(19)20-15(2,3)4;/h5-12H2,1-4H3,(H3,16,17,18);1H. The van der Waals surface area contributed by atoms with Gasteiger partial charge in [-0.25, -0.2) is 0 Å². The zero-order valence-corrected chi connectivity index (χ0v) is 16.2. The molecule has 0 fully saturated rings. The molecule has 3 N–H and O–H groups in total. The second-order valence-electron chi connectivity index (χ2n) is 5.94. The van der Waals surface area contributed by atoms with Gasteiger partial charge in [-0.15, -0.1) is 24.0 Å². The summed E-state index contributed by atoms with van der Waals surface area (Å²) < 4.78 is 5.24. The lowest BCUT2D eigenvalue weighted by Crippen LogP contribution is -2.32. The van der Waals surface area contributed by atoms with Crippen LogP contribution in [0, 0.1) is 0 Å². The topological polar surface area (TPSA) is 76.7 Å². The van der Waals surface area contributed by atoms with Crippen molar-refractivity contribution in [3.8, 4) is 0 Å². The van der Waals surface area contributed by atoms with Gasteiger partial charge in [-0.05, 0) is 40.0 Å². The normalized spacial score (nSPS) is 11.7. The van der Waals surface area contributed by atoms with Crippen molar-refractivity contribution >= 4 is 35.9 Å². The Labute approximate surface area is 146 Å². The van der Waals surface area contributed by atoms with E-state index in [2.05, 4.69) is 17.2 Å². The van der Waals surface area contributed by atoms with Crippen molar-refractivity contribution in [2.24, 2.45) is 10.7 Å². The Morgan fingerprint density at radius 3 is 2.43 bits per heavy atom. The highest BCUT2D eigenvalue weighted by Crippen LogP contribution is 2.10. The lowest BCUT2D eigenvalue weighted by Gasteiger charge is -2.19. The summed E-state index contributed by atoms with van der Waals surface area (Å²) in [5.74, 6) is 0.396. The van der Waals surface area contributed by atoms with Crippen LogP contribution in [0.4, 0.5) is 0 Å². The number of rotatable bonds is 9. The summed E-state index contributed by atoms with van der Waals surface area (Å²) in [4.78, 5) is 15.7. The van der Waals surface area contributed by atoms with Gasteiger partial charge >= 0.3 is 5.97 Å². The number of carbonyl (C=O) groups is 1. The van der Waals surface area contributed by atoms with Gasteiger partial charge in [0.1, 0.15) is 5.60 Å². The number of nitrogens with one attached hydrogen (secondary N) is 1. The smallest absolute Gasteiger partial charge is 0.306 e. The third kappa shape index (κ3) is 17.4. The maximum atomic E-state index is 11.5. The Balaban J connectivity index is 0. The molecule has 0 atom stereocenters. The minimum atomic E-state index is -0.389. The largest absolute Gasteiger partial charge is 0.460 e. The number of guanidine groups is 1. The van der Waals surface area contributed by atoms with Crippen molar-refractivity contribution in [3.63, 3.8) is 0 Å². The van der Waals surface area contributed by atoms with Crippen molar-refractivity contribution < 1.29 is 9.53 Å². The van der Waals surface area contributed by atoms with E-state index in [1.54, 1.807) is 0 Å². The van der Waals surface area contributed by atoms with Crippen molar-refractivity contribution in [2.45, 2.75) is 71.8 Å². The molecule has 0 radical (unpaired) electrons. The van der Waals surface area contributed by atoms with Crippen molar-refractivity contribution in [1.82, 2.24) is 5.32 Å². The first-order chi connectivity index (χ1) is 9.35. The molecule has 0 aromatic rings. The van der Waals surface area contributed by atoms with Gasteiger partial charge in [0.05, 0.1) is 0 Å². The highest BCUT2D eigenvalue weighted by molar-refractivity contribution is 14.0. The fraction of sp³-hybridized carbons (Fsp3) is 0.867. The molecule has 0 saturated heterocycles. The van der Waals surface area contributed by atoms with Gasteiger partial charge in [-0.1, -0.05) is 19.8 Å². The van der Waals surface area contributed by atoms with E-state index in [1.165, 1.54) is 0 Å². The summed E-state index contributed by atoms with van der Waals surface area (Å²) in [6.07, 6.45) is 5.47. The van der Waals surface area contributed by atoms with Crippen LogP contribution in [0.3, 0.4) is 0 Å². The van der Waals surface area contributed by atoms with Gasteiger partial charge < -0.3 is 15.8 Å². The molecule has 126 valence electrons. The molecule has 21 heavy (non-hydrogen) atoms. The molecule has 0 amide bonds. The van der Waals surface area contributed by atoms with Gasteiger partial charge in [0.25, 0.3) is 0 Å². The van der Waals surface area contributed by atoms with Crippen LogP contribution >= 0.6 is 24.0 Å². The van der Waals surface area contributed by atoms with Crippen LogP contribution in [-0.2, 0) is 9.53 Å². The number of hydrogen-bond acceptors (Lipinski definition) is 3. The second-order valence-corrected chi connectivity index (χ2v) is 5.94. The molecule has 6 heteroatoms. The summed E-state index contributed by atoms with van der Waals surface area (Å²) in [5.41, 5.74) is 5.32. The van der Waals surface area contributed by atoms with Crippen LogP contribution in [0.2, 0.25) is 0 Å². The first-order valence-electron chi connectivity index (χ1n) is 7.61. The molecule has 0 aromatic heterocycles. The Kier molecular flexibility index (Phi) is 14.2. The molecule has 0 rings (SSSR count). The molecule has 0 aromatic carbocycles. The third-order valence-electron chi connectivity index (χ3n) is 2.58. The van der Waals surface area contributed by atoms with E-state index in [1.807, 2.05) is 20.8 Å². The minimum Gasteiger partial charge on any atom is -0.460 e. The van der Waals surface area contributed by atoms with Crippen molar-refractivity contribution in [2.75, 3.05) is 13.1 Å². The van der Waals surface area contributed by atoms with Crippen molar-refractivity contribution in [3.05, 3.63) is 0 Å². The van der Waals surface area contributed by atoms with E-state index in [-0.39, 0.29) is 35.5 Å². The average Bonchev–Trinajstić information content (AvgIpc) is 2.31. The van der Waals surface area contributed by atoms with Crippen LogP contribution in [0.25, 0.3) is 0 Å². The predicted octanol–water partition coefficient (Wildman–Crippen LogP) is 3.21. The third-order valence-corrected chi connectivity index (χ3v) is 2.58. The van der Waals surface area contributed by atoms with E-state index in [4.69, 9.17) is 10.5 Å². The number of carbonyl (C=O) groups excluding carboxylic acids is 1. The van der Waals surface area contributed by atoms with Crippen LogP contribution in [0.5, 0.6) is 0 Å². The number of hydrogen-bond donors (Lipinski definition) is 2. The number of unbranched alkanes of at least 4 members (excludes halogenated alkanes) is 3. The molecule has 0 unspecified atom stereocenters. The van der Waals surface area contributed by atoms with E-state index in [0.29, 0.717) is 18.9 Å². The number of nitrogens with two attached hydrogens (primary N) is 1. The molecular weight excluding hydrogens is 381 g/mol. The monoisotopic (exact) mass is 413 g/mol. The van der Waals surface area contributed by atoms with Crippen LogP contribution < -0.4 is 11.1 Å². The molecule has 0 aliphatic carbocycles. The van der Waals surface area contributed by atoms with Crippen molar-refractivity contribution in [1.29, 1.82) is 0 Å². The summed E-state index contributed by atoms with van der Waals surface area (Å²) in [5, 5.41) is 3.07. The van der Waals surface area contributed by atoms with Gasteiger partial charge in [-0.3, -0.25) is 9.79 Å². The number of esters is 1. The number of nitrogens with zero attached hydrogens (tertiary/aromatic N) is 1. The van der Waals surface area contributed by atoms with Gasteiger partial charge in [0.2, 0.25) is 0 Å². The Morgan fingerprint density at radius 2 is 1.86 bits per heavy atom. The van der Waals surface area contributed by atoms with Crippen LogP contribution in [0.15, 0.2) is 4.99 Å². The second kappa shape index (κ2) is 13.2. The molecule has 5 nitrogen and oxygen atoms in total. The van der Waals surface area contributed by atoms with Gasteiger partial charge in [-0.2, -0.15) is 0 Å². The molecule has 0 heterocycles. The summed E-state index contributed by atoms with van der Waals surface area (Å²) in [6, 6.07) is 0. The summed E-state index contributed by atoms with van der Waals surface area (Å²) in [6.45, 7) is 9.37. The highest BCUT2D eigenvalue weighted by atomic mass is 127. The van der Waals surface area contributed by atoms with E-state index < -0.39 is 0 Å². The average molecular weight is 413 g/mol.